The molecule has 1 amide bonds. The van der Waals surface area contributed by atoms with Crippen molar-refractivity contribution in [2.24, 2.45) is 7.05 Å². The molecule has 7 nitrogen and oxygen atoms in total. The fourth-order valence-corrected chi connectivity index (χ4v) is 4.60. The van der Waals surface area contributed by atoms with Crippen LogP contribution in [0.3, 0.4) is 0 Å². The van der Waals surface area contributed by atoms with Crippen molar-refractivity contribution in [1.82, 2.24) is 18.9 Å². The zero-order valence-corrected chi connectivity index (χ0v) is 16.1. The summed E-state index contributed by atoms with van der Waals surface area (Å²) in [6.07, 6.45) is 2.72. The van der Waals surface area contributed by atoms with E-state index in [2.05, 4.69) is 4.90 Å². The Bertz CT molecular complexity index is 879. The maximum Gasteiger partial charge on any atom is 0.409 e. The number of amides is 1. The number of carbonyl (C=O) groups is 1. The lowest BCUT2D eigenvalue weighted by atomic mass is 10.0. The second-order valence-electron chi connectivity index (χ2n) is 7.55. The minimum absolute atomic E-state index is 0.0732. The first kappa shape index (κ1) is 18.1. The highest BCUT2D eigenvalue weighted by atomic mass is 16.6. The molecule has 1 aromatic heterocycles. The molecule has 1 atom stereocenters. The maximum absolute atomic E-state index is 12.8. The smallest absolute Gasteiger partial charge is 0.409 e. The summed E-state index contributed by atoms with van der Waals surface area (Å²) < 4.78 is 8.85. The summed E-state index contributed by atoms with van der Waals surface area (Å²) in [4.78, 5) is 29.0. The van der Waals surface area contributed by atoms with E-state index in [1.54, 1.807) is 4.57 Å². The number of aromatic nitrogens is 2. The fourth-order valence-electron chi connectivity index (χ4n) is 4.60. The van der Waals surface area contributed by atoms with Gasteiger partial charge in [0, 0.05) is 45.3 Å². The fraction of sp³-hybridized carbons (Fsp3) is 0.600. The molecule has 2 aliphatic rings. The number of carbonyl (C=O) groups excluding carboxylic acids is 1. The topological polar surface area (TPSA) is 59.7 Å². The molecular weight excluding hydrogens is 344 g/mol. The van der Waals surface area contributed by atoms with Gasteiger partial charge < -0.3 is 9.64 Å². The van der Waals surface area contributed by atoms with Crippen molar-refractivity contribution in [2.75, 3.05) is 32.8 Å². The Kier molecular flexibility index (Phi) is 4.95. The lowest BCUT2D eigenvalue weighted by Crippen LogP contribution is -2.44. The third-order valence-corrected chi connectivity index (χ3v) is 6.07. The van der Waals surface area contributed by atoms with Crippen molar-refractivity contribution in [3.05, 3.63) is 34.7 Å². The van der Waals surface area contributed by atoms with Crippen LogP contribution >= 0.6 is 0 Å². The van der Waals surface area contributed by atoms with E-state index in [1.165, 1.54) is 0 Å². The number of rotatable bonds is 3. The normalized spacial score (nSPS) is 21.9. The first-order valence-electron chi connectivity index (χ1n) is 9.92. The Morgan fingerprint density at radius 1 is 1.07 bits per heavy atom. The summed E-state index contributed by atoms with van der Waals surface area (Å²) in [7, 11) is 1.85. The van der Waals surface area contributed by atoms with Gasteiger partial charge in [-0.25, -0.2) is 9.59 Å². The molecule has 1 unspecified atom stereocenters. The minimum Gasteiger partial charge on any atom is -0.450 e. The van der Waals surface area contributed by atoms with Gasteiger partial charge in [0.2, 0.25) is 0 Å². The average molecular weight is 372 g/mol. The Hall–Kier alpha value is -2.28. The molecule has 0 saturated carbocycles. The van der Waals surface area contributed by atoms with Gasteiger partial charge in [0.05, 0.1) is 17.6 Å². The molecule has 0 spiro atoms. The van der Waals surface area contributed by atoms with Gasteiger partial charge in [-0.2, -0.15) is 0 Å². The zero-order valence-electron chi connectivity index (χ0n) is 16.1. The van der Waals surface area contributed by atoms with Crippen molar-refractivity contribution < 1.29 is 9.53 Å². The Morgan fingerprint density at radius 3 is 2.44 bits per heavy atom. The van der Waals surface area contributed by atoms with Crippen molar-refractivity contribution in [3.63, 3.8) is 0 Å². The second-order valence-corrected chi connectivity index (χ2v) is 7.55. The summed E-state index contributed by atoms with van der Waals surface area (Å²) in [6.45, 7) is 5.70. The number of aryl methyl sites for hydroxylation is 1. The number of fused-ring (bicyclic) bond motifs is 1. The van der Waals surface area contributed by atoms with Crippen LogP contribution < -0.4 is 5.69 Å². The van der Waals surface area contributed by atoms with Gasteiger partial charge in [0.25, 0.3) is 0 Å². The standard InChI is InChI=1S/C20H28N4O3/c1-3-27-20(26)23-13-10-16(14-23)22-11-8-15(9-12-22)24-18-7-5-4-6-17(18)21(2)19(24)25/h4-7,15-16H,3,8-14H2,1-2H3. The lowest BCUT2D eigenvalue weighted by Gasteiger charge is -2.36. The number of piperidine rings is 1. The SMILES string of the molecule is CCOC(=O)N1CCC(N2CCC(n3c(=O)n(C)c4ccccc43)CC2)C1. The van der Waals surface area contributed by atoms with Gasteiger partial charge in [-0.15, -0.1) is 0 Å². The zero-order chi connectivity index (χ0) is 19.0. The first-order valence-corrected chi connectivity index (χ1v) is 9.92. The molecule has 3 heterocycles. The number of para-hydroxylation sites is 2. The van der Waals surface area contributed by atoms with Crippen molar-refractivity contribution in [1.29, 1.82) is 0 Å². The Labute approximate surface area is 159 Å². The van der Waals surface area contributed by atoms with Crippen LogP contribution in [0.1, 0.15) is 32.2 Å². The summed E-state index contributed by atoms with van der Waals surface area (Å²) in [5.41, 5.74) is 2.09. The molecular formula is C20H28N4O3. The van der Waals surface area contributed by atoms with Gasteiger partial charge in [0.15, 0.2) is 0 Å². The summed E-state index contributed by atoms with van der Waals surface area (Å²) in [5, 5.41) is 0. The number of ether oxygens (including phenoxy) is 1. The number of imidazole rings is 1. The molecule has 4 rings (SSSR count). The minimum atomic E-state index is -0.197. The molecule has 0 radical (unpaired) electrons. The highest BCUT2D eigenvalue weighted by Gasteiger charge is 2.34. The van der Waals surface area contributed by atoms with Gasteiger partial charge in [-0.05, 0) is 38.3 Å². The maximum atomic E-state index is 12.8. The van der Waals surface area contributed by atoms with E-state index in [-0.39, 0.29) is 17.8 Å². The van der Waals surface area contributed by atoms with E-state index in [1.807, 2.05) is 47.7 Å². The van der Waals surface area contributed by atoms with Crippen LogP contribution in [-0.2, 0) is 11.8 Å². The van der Waals surface area contributed by atoms with E-state index in [0.29, 0.717) is 12.6 Å². The van der Waals surface area contributed by atoms with Crippen molar-refractivity contribution >= 4 is 17.1 Å². The molecule has 2 aliphatic heterocycles. The molecule has 0 N–H and O–H groups in total. The van der Waals surface area contributed by atoms with Crippen LogP contribution in [0.5, 0.6) is 0 Å². The third-order valence-electron chi connectivity index (χ3n) is 6.07. The highest BCUT2D eigenvalue weighted by molar-refractivity contribution is 5.76. The molecule has 7 heteroatoms. The number of hydrogen-bond donors (Lipinski definition) is 0. The quantitative estimate of drug-likeness (QED) is 0.829. The second kappa shape index (κ2) is 7.38. The predicted molar refractivity (Wildman–Crippen MR) is 104 cm³/mol. The average Bonchev–Trinajstić information content (AvgIpc) is 3.27. The van der Waals surface area contributed by atoms with E-state index >= 15 is 0 Å². The van der Waals surface area contributed by atoms with E-state index < -0.39 is 0 Å². The van der Waals surface area contributed by atoms with Crippen molar-refractivity contribution in [3.8, 4) is 0 Å². The monoisotopic (exact) mass is 372 g/mol. The van der Waals surface area contributed by atoms with E-state index in [4.69, 9.17) is 4.74 Å². The molecule has 0 aliphatic carbocycles. The van der Waals surface area contributed by atoms with Crippen LogP contribution in [0, 0.1) is 0 Å². The van der Waals surface area contributed by atoms with Crippen LogP contribution in [-0.4, -0.2) is 63.9 Å². The molecule has 2 fully saturated rings. The van der Waals surface area contributed by atoms with Gasteiger partial charge in [-0.1, -0.05) is 12.1 Å². The molecule has 146 valence electrons. The van der Waals surface area contributed by atoms with Gasteiger partial charge in [-0.3, -0.25) is 14.0 Å². The van der Waals surface area contributed by atoms with E-state index in [9.17, 15) is 9.59 Å². The van der Waals surface area contributed by atoms with E-state index in [0.717, 1.165) is 56.5 Å². The lowest BCUT2D eigenvalue weighted by molar-refractivity contribution is 0.105. The van der Waals surface area contributed by atoms with Crippen LogP contribution in [0.25, 0.3) is 11.0 Å². The third kappa shape index (κ3) is 3.25. The molecule has 0 bridgehead atoms. The van der Waals surface area contributed by atoms with Gasteiger partial charge >= 0.3 is 11.8 Å². The van der Waals surface area contributed by atoms with Crippen LogP contribution in [0.2, 0.25) is 0 Å². The summed E-state index contributed by atoms with van der Waals surface area (Å²) in [5.74, 6) is 0. The largest absolute Gasteiger partial charge is 0.450 e. The van der Waals surface area contributed by atoms with Crippen molar-refractivity contribution in [2.45, 2.75) is 38.3 Å². The first-order chi connectivity index (χ1) is 13.1. The summed E-state index contributed by atoms with van der Waals surface area (Å²) >= 11 is 0. The molecule has 27 heavy (non-hydrogen) atoms. The summed E-state index contributed by atoms with van der Waals surface area (Å²) in [6, 6.07) is 8.66. The molecule has 2 aromatic rings. The Morgan fingerprint density at radius 2 is 1.74 bits per heavy atom. The Balaban J connectivity index is 1.43. The number of nitrogens with zero attached hydrogens (tertiary/aromatic N) is 4. The molecule has 2 saturated heterocycles. The van der Waals surface area contributed by atoms with Crippen LogP contribution in [0.15, 0.2) is 29.1 Å². The number of benzene rings is 1. The predicted octanol–water partition coefficient (Wildman–Crippen LogP) is 2.21. The van der Waals surface area contributed by atoms with Gasteiger partial charge in [0.1, 0.15) is 0 Å². The number of hydrogen-bond acceptors (Lipinski definition) is 4. The van der Waals surface area contributed by atoms with Crippen LogP contribution in [0.4, 0.5) is 4.79 Å². The highest BCUT2D eigenvalue weighted by Crippen LogP contribution is 2.28. The molecule has 1 aromatic carbocycles. The number of likely N-dealkylation sites (tertiary alicyclic amines) is 2.